The Morgan fingerprint density at radius 1 is 1.10 bits per heavy atom. The summed E-state index contributed by atoms with van der Waals surface area (Å²) in [6.45, 7) is 5.85. The van der Waals surface area contributed by atoms with E-state index in [0.717, 1.165) is 11.6 Å². The summed E-state index contributed by atoms with van der Waals surface area (Å²) in [5.41, 5.74) is 2.03. The maximum absolute atomic E-state index is 13.0. The van der Waals surface area contributed by atoms with Crippen LogP contribution in [-0.4, -0.2) is 4.98 Å². The lowest BCUT2D eigenvalue weighted by Crippen LogP contribution is -2.19. The third-order valence-electron chi connectivity index (χ3n) is 3.10. The summed E-state index contributed by atoms with van der Waals surface area (Å²) < 4.78 is 39.0. The van der Waals surface area contributed by atoms with Crippen molar-refractivity contribution in [2.45, 2.75) is 32.4 Å². The van der Waals surface area contributed by atoms with E-state index in [9.17, 15) is 13.2 Å². The number of para-hydroxylation sites is 1. The first-order valence-corrected chi connectivity index (χ1v) is 6.12. The summed E-state index contributed by atoms with van der Waals surface area (Å²) in [7, 11) is 0. The van der Waals surface area contributed by atoms with E-state index in [4.69, 9.17) is 5.84 Å². The van der Waals surface area contributed by atoms with Crippen molar-refractivity contribution >= 4 is 16.7 Å². The molecule has 0 radical (unpaired) electrons. The average molecular weight is 283 g/mol. The number of alkyl halides is 3. The van der Waals surface area contributed by atoms with Crippen LogP contribution in [-0.2, 0) is 11.6 Å². The number of aromatic nitrogens is 1. The topological polar surface area (TPSA) is 50.9 Å². The molecule has 2 aromatic rings. The maximum atomic E-state index is 13.0. The zero-order valence-electron chi connectivity index (χ0n) is 11.5. The molecule has 1 aromatic carbocycles. The van der Waals surface area contributed by atoms with Crippen LogP contribution < -0.4 is 11.3 Å². The highest BCUT2D eigenvalue weighted by Gasteiger charge is 2.33. The fourth-order valence-corrected chi connectivity index (χ4v) is 2.11. The van der Waals surface area contributed by atoms with Crippen LogP contribution in [0.3, 0.4) is 0 Å². The van der Waals surface area contributed by atoms with Gasteiger partial charge in [-0.05, 0) is 17.5 Å². The molecule has 3 nitrogen and oxygen atoms in total. The summed E-state index contributed by atoms with van der Waals surface area (Å²) in [6.07, 6.45) is -4.44. The molecule has 0 aliphatic rings. The number of benzene rings is 1. The minimum Gasteiger partial charge on any atom is -0.308 e. The van der Waals surface area contributed by atoms with E-state index in [1.807, 2.05) is 20.8 Å². The zero-order chi connectivity index (χ0) is 15.1. The summed E-state index contributed by atoms with van der Waals surface area (Å²) in [4.78, 5) is 4.07. The number of pyridine rings is 1. The third-order valence-corrected chi connectivity index (χ3v) is 3.10. The average Bonchev–Trinajstić information content (AvgIpc) is 2.34. The summed E-state index contributed by atoms with van der Waals surface area (Å²) in [5, 5.41) is 0.448. The van der Waals surface area contributed by atoms with Crippen LogP contribution in [0.1, 0.15) is 31.9 Å². The number of halogens is 3. The van der Waals surface area contributed by atoms with Gasteiger partial charge < -0.3 is 5.43 Å². The highest BCUT2D eigenvalue weighted by molar-refractivity contribution is 5.85. The molecule has 6 heteroatoms. The molecule has 0 amide bonds. The minimum atomic E-state index is -4.44. The second-order valence-electron chi connectivity index (χ2n) is 5.65. The lowest BCUT2D eigenvalue weighted by atomic mass is 9.86. The van der Waals surface area contributed by atoms with Crippen LogP contribution in [0, 0.1) is 0 Å². The van der Waals surface area contributed by atoms with Gasteiger partial charge in [0.2, 0.25) is 0 Å². The van der Waals surface area contributed by atoms with Gasteiger partial charge in [0.05, 0.1) is 11.1 Å². The maximum Gasteiger partial charge on any atom is 0.418 e. The number of nitrogens with two attached hydrogens (primary N) is 1. The van der Waals surface area contributed by atoms with Crippen molar-refractivity contribution in [1.82, 2.24) is 4.98 Å². The minimum absolute atomic E-state index is 0.0963. The molecule has 0 saturated carbocycles. The smallest absolute Gasteiger partial charge is 0.308 e. The highest BCUT2D eigenvalue weighted by Crippen LogP contribution is 2.37. The molecule has 0 saturated heterocycles. The van der Waals surface area contributed by atoms with Gasteiger partial charge in [0.1, 0.15) is 5.82 Å². The predicted molar refractivity (Wildman–Crippen MR) is 73.3 cm³/mol. The fourth-order valence-electron chi connectivity index (χ4n) is 2.11. The monoisotopic (exact) mass is 283 g/mol. The van der Waals surface area contributed by atoms with E-state index in [1.165, 1.54) is 6.07 Å². The Bertz CT molecular complexity index is 642. The number of rotatable bonds is 1. The summed E-state index contributed by atoms with van der Waals surface area (Å²) in [5.74, 6) is 5.67. The standard InChI is InChI=1S/C14H16F3N3/c1-13(2,3)10-7-8-5-4-6-9(14(15,16)17)11(8)19-12(10)20-18/h4-7H,18H2,1-3H3,(H,19,20). The second kappa shape index (κ2) is 4.63. The Kier molecular flexibility index (Phi) is 3.37. The van der Waals surface area contributed by atoms with Gasteiger partial charge in [-0.1, -0.05) is 32.9 Å². The van der Waals surface area contributed by atoms with Gasteiger partial charge in [-0.15, -0.1) is 0 Å². The van der Waals surface area contributed by atoms with Crippen molar-refractivity contribution in [3.05, 3.63) is 35.4 Å². The number of hydrogen-bond donors (Lipinski definition) is 2. The Hall–Kier alpha value is -1.82. The van der Waals surface area contributed by atoms with Crippen LogP contribution in [0.4, 0.5) is 19.0 Å². The van der Waals surface area contributed by atoms with Crippen LogP contribution in [0.25, 0.3) is 10.9 Å². The van der Waals surface area contributed by atoms with Crippen LogP contribution in [0.2, 0.25) is 0 Å². The van der Waals surface area contributed by atoms with Gasteiger partial charge in [-0.25, -0.2) is 10.8 Å². The first-order chi connectivity index (χ1) is 9.14. The molecule has 0 bridgehead atoms. The van der Waals surface area contributed by atoms with Crippen LogP contribution in [0.5, 0.6) is 0 Å². The van der Waals surface area contributed by atoms with Crippen molar-refractivity contribution < 1.29 is 13.2 Å². The molecule has 108 valence electrons. The molecular weight excluding hydrogens is 267 g/mol. The van der Waals surface area contributed by atoms with E-state index in [2.05, 4.69) is 10.4 Å². The van der Waals surface area contributed by atoms with E-state index in [0.29, 0.717) is 5.39 Å². The molecule has 0 atom stereocenters. The Labute approximate surface area is 115 Å². The SMILES string of the molecule is CC(C)(C)c1cc2cccc(C(F)(F)F)c2nc1NN. The number of nitrogen functional groups attached to an aromatic ring is 1. The van der Waals surface area contributed by atoms with E-state index < -0.39 is 11.7 Å². The Balaban J connectivity index is 2.81. The first kappa shape index (κ1) is 14.6. The molecule has 1 heterocycles. The highest BCUT2D eigenvalue weighted by atomic mass is 19.4. The number of nitrogens with one attached hydrogen (secondary N) is 1. The molecular formula is C14H16F3N3. The predicted octanol–water partition coefficient (Wildman–Crippen LogP) is 3.84. The van der Waals surface area contributed by atoms with Gasteiger partial charge in [0.15, 0.2) is 0 Å². The first-order valence-electron chi connectivity index (χ1n) is 6.12. The van der Waals surface area contributed by atoms with E-state index >= 15 is 0 Å². The quantitative estimate of drug-likeness (QED) is 0.617. The molecule has 3 N–H and O–H groups in total. The lowest BCUT2D eigenvalue weighted by molar-refractivity contribution is -0.136. The Morgan fingerprint density at radius 2 is 1.75 bits per heavy atom. The second-order valence-corrected chi connectivity index (χ2v) is 5.65. The number of hydrazine groups is 1. The third kappa shape index (κ3) is 2.56. The van der Waals surface area contributed by atoms with E-state index in [1.54, 1.807) is 12.1 Å². The van der Waals surface area contributed by atoms with Crippen molar-refractivity contribution in [2.24, 2.45) is 5.84 Å². The molecule has 20 heavy (non-hydrogen) atoms. The normalized spacial score (nSPS) is 12.8. The number of hydrogen-bond acceptors (Lipinski definition) is 3. The van der Waals surface area contributed by atoms with Gasteiger partial charge >= 0.3 is 6.18 Å². The fraction of sp³-hybridized carbons (Fsp3) is 0.357. The van der Waals surface area contributed by atoms with Crippen molar-refractivity contribution in [3.8, 4) is 0 Å². The number of anilines is 1. The van der Waals surface area contributed by atoms with Crippen molar-refractivity contribution in [3.63, 3.8) is 0 Å². The molecule has 0 aliphatic heterocycles. The van der Waals surface area contributed by atoms with Gasteiger partial charge in [0.25, 0.3) is 0 Å². The number of nitrogens with zero attached hydrogens (tertiary/aromatic N) is 1. The van der Waals surface area contributed by atoms with Gasteiger partial charge in [0, 0.05) is 10.9 Å². The lowest BCUT2D eigenvalue weighted by Gasteiger charge is -2.23. The molecule has 0 spiro atoms. The van der Waals surface area contributed by atoms with Gasteiger partial charge in [-0.2, -0.15) is 13.2 Å². The molecule has 0 fully saturated rings. The molecule has 0 unspecified atom stereocenters. The summed E-state index contributed by atoms with van der Waals surface area (Å²) in [6, 6.07) is 5.72. The molecule has 0 aliphatic carbocycles. The van der Waals surface area contributed by atoms with E-state index in [-0.39, 0.29) is 16.7 Å². The Morgan fingerprint density at radius 3 is 2.25 bits per heavy atom. The van der Waals surface area contributed by atoms with Gasteiger partial charge in [-0.3, -0.25) is 0 Å². The van der Waals surface area contributed by atoms with Crippen molar-refractivity contribution in [2.75, 3.05) is 5.43 Å². The number of fused-ring (bicyclic) bond motifs is 1. The van der Waals surface area contributed by atoms with Crippen molar-refractivity contribution in [1.29, 1.82) is 0 Å². The molecule has 2 rings (SSSR count). The largest absolute Gasteiger partial charge is 0.418 e. The zero-order valence-corrected chi connectivity index (χ0v) is 11.5. The summed E-state index contributed by atoms with van der Waals surface area (Å²) >= 11 is 0. The van der Waals surface area contributed by atoms with Crippen LogP contribution in [0.15, 0.2) is 24.3 Å². The molecule has 1 aromatic heterocycles. The van der Waals surface area contributed by atoms with Crippen LogP contribution >= 0.6 is 0 Å².